The highest BCUT2D eigenvalue weighted by Gasteiger charge is 2.18. The van der Waals surface area contributed by atoms with Crippen LogP contribution in [0.5, 0.6) is 5.75 Å². The van der Waals surface area contributed by atoms with Crippen molar-refractivity contribution in [3.8, 4) is 17.1 Å². The molecule has 0 fully saturated rings. The number of methoxy groups -OCH3 is 1. The Kier molecular flexibility index (Phi) is 4.94. The van der Waals surface area contributed by atoms with E-state index in [1.165, 1.54) is 13.2 Å². The van der Waals surface area contributed by atoms with Crippen LogP contribution in [0.25, 0.3) is 11.4 Å². The number of aromatic nitrogens is 4. The summed E-state index contributed by atoms with van der Waals surface area (Å²) in [6, 6.07) is 6.59. The van der Waals surface area contributed by atoms with Gasteiger partial charge >= 0.3 is 0 Å². The van der Waals surface area contributed by atoms with Crippen LogP contribution in [-0.4, -0.2) is 45.6 Å². The van der Waals surface area contributed by atoms with Gasteiger partial charge in [0, 0.05) is 30.4 Å². The number of para-hydroxylation sites is 1. The Morgan fingerprint density at radius 1 is 1.30 bits per heavy atom. The zero-order chi connectivity index (χ0) is 24.2. The van der Waals surface area contributed by atoms with E-state index in [0.717, 1.165) is 12.3 Å². The molecule has 154 valence electrons. The predicted octanol–water partition coefficient (Wildman–Crippen LogP) is 2.11. The molecule has 0 aliphatic carbocycles. The number of nitrogens with zero attached hydrogens (tertiary/aromatic N) is 4. The van der Waals surface area contributed by atoms with Crippen LogP contribution < -0.4 is 20.7 Å². The lowest BCUT2D eigenvalue weighted by atomic mass is 10.1. The molecule has 30 heavy (non-hydrogen) atoms. The minimum atomic E-state index is -2.70. The monoisotopic (exact) mass is 410 g/mol. The van der Waals surface area contributed by atoms with Crippen LogP contribution in [0.4, 0.5) is 17.2 Å². The lowest BCUT2D eigenvalue weighted by Crippen LogP contribution is -2.20. The maximum absolute atomic E-state index is 12.6. The third-order valence-electron chi connectivity index (χ3n) is 4.03. The standard InChI is InChI=1S/C20H21N7O3/c1-5-17(28)25-16-9-15(13(10-22-16)20(29)21-2)24-14-8-6-7-12(18(14)30-4)19-23-11-27(3)26-19/h5-11H,1H2,2-4H3,(H,21,29)(H2,22,24,25,28)/i2D3. The first kappa shape index (κ1) is 16.7. The molecule has 10 heteroatoms. The number of carbonyl (C=O) groups excluding carboxylic acids is 2. The number of carbonyl (C=O) groups is 2. The van der Waals surface area contributed by atoms with Gasteiger partial charge in [0.1, 0.15) is 12.1 Å². The molecule has 2 aromatic heterocycles. The van der Waals surface area contributed by atoms with E-state index in [9.17, 15) is 9.59 Å². The highest BCUT2D eigenvalue weighted by molar-refractivity contribution is 6.02. The second-order valence-electron chi connectivity index (χ2n) is 6.02. The van der Waals surface area contributed by atoms with Gasteiger partial charge in [0.15, 0.2) is 11.6 Å². The van der Waals surface area contributed by atoms with Gasteiger partial charge in [0.2, 0.25) is 5.91 Å². The molecule has 2 heterocycles. The summed E-state index contributed by atoms with van der Waals surface area (Å²) in [4.78, 5) is 32.5. The van der Waals surface area contributed by atoms with Crippen molar-refractivity contribution in [1.29, 1.82) is 0 Å². The fraction of sp³-hybridized carbons (Fsp3) is 0.150. The smallest absolute Gasteiger partial charge is 0.254 e. The fourth-order valence-electron chi connectivity index (χ4n) is 2.69. The van der Waals surface area contributed by atoms with Gasteiger partial charge < -0.3 is 20.7 Å². The predicted molar refractivity (Wildman–Crippen MR) is 113 cm³/mol. The molecule has 10 nitrogen and oxygen atoms in total. The van der Waals surface area contributed by atoms with E-state index in [4.69, 9.17) is 8.85 Å². The summed E-state index contributed by atoms with van der Waals surface area (Å²) < 4.78 is 29.0. The zero-order valence-corrected chi connectivity index (χ0v) is 16.3. The highest BCUT2D eigenvalue weighted by Crippen LogP contribution is 2.37. The van der Waals surface area contributed by atoms with E-state index in [0.29, 0.717) is 22.8 Å². The van der Waals surface area contributed by atoms with Crippen LogP contribution in [0.2, 0.25) is 0 Å². The Labute approximate surface area is 177 Å². The molecule has 0 atom stereocenters. The van der Waals surface area contributed by atoms with Crippen molar-refractivity contribution < 1.29 is 18.4 Å². The summed E-state index contributed by atoms with van der Waals surface area (Å²) in [5, 5.41) is 11.8. The minimum absolute atomic E-state index is 0.0638. The van der Waals surface area contributed by atoms with Gasteiger partial charge in [0.05, 0.1) is 29.6 Å². The Balaban J connectivity index is 2.06. The molecule has 0 radical (unpaired) electrons. The van der Waals surface area contributed by atoms with E-state index in [1.54, 1.807) is 36.3 Å². The van der Waals surface area contributed by atoms with Crippen LogP contribution in [-0.2, 0) is 11.8 Å². The Bertz CT molecular complexity index is 1210. The number of anilines is 3. The number of aryl methyl sites for hydroxylation is 1. The minimum Gasteiger partial charge on any atom is -0.494 e. The Morgan fingerprint density at radius 2 is 2.13 bits per heavy atom. The van der Waals surface area contributed by atoms with Gasteiger partial charge in [-0.25, -0.2) is 9.97 Å². The molecule has 0 saturated carbocycles. The van der Waals surface area contributed by atoms with E-state index >= 15 is 0 Å². The van der Waals surface area contributed by atoms with Crippen LogP contribution in [0.15, 0.2) is 49.4 Å². The van der Waals surface area contributed by atoms with E-state index < -0.39 is 18.8 Å². The van der Waals surface area contributed by atoms with Crippen LogP contribution in [0, 0.1) is 0 Å². The maximum Gasteiger partial charge on any atom is 0.254 e. The third-order valence-corrected chi connectivity index (χ3v) is 4.03. The first-order valence-electron chi connectivity index (χ1n) is 10.2. The normalized spacial score (nSPS) is 12.1. The molecule has 3 rings (SSSR count). The molecule has 3 aromatic rings. The number of pyridine rings is 1. The molecule has 0 aliphatic heterocycles. The lowest BCUT2D eigenvalue weighted by molar-refractivity contribution is -0.111. The molecule has 0 aliphatic rings. The number of hydrogen-bond donors (Lipinski definition) is 3. The molecular weight excluding hydrogens is 386 g/mol. The summed E-state index contributed by atoms with van der Waals surface area (Å²) in [6.45, 7) is 0.682. The summed E-state index contributed by atoms with van der Waals surface area (Å²) in [5.41, 5.74) is 1.14. The molecule has 2 amide bonds. The molecule has 0 saturated heterocycles. The highest BCUT2D eigenvalue weighted by atomic mass is 16.5. The van der Waals surface area contributed by atoms with Gasteiger partial charge in [-0.1, -0.05) is 12.6 Å². The average Bonchev–Trinajstić information content (AvgIpc) is 3.18. The zero-order valence-electron chi connectivity index (χ0n) is 19.3. The van der Waals surface area contributed by atoms with Crippen molar-refractivity contribution >= 4 is 29.0 Å². The van der Waals surface area contributed by atoms with Crippen molar-refractivity contribution in [2.45, 2.75) is 0 Å². The lowest BCUT2D eigenvalue weighted by Gasteiger charge is -2.16. The Hall–Kier alpha value is -4.21. The third kappa shape index (κ3) is 4.27. The van der Waals surface area contributed by atoms with Crippen molar-refractivity contribution in [1.82, 2.24) is 25.1 Å². The molecule has 3 N–H and O–H groups in total. The Morgan fingerprint density at radius 3 is 2.80 bits per heavy atom. The first-order chi connectivity index (χ1) is 15.6. The van der Waals surface area contributed by atoms with Gasteiger partial charge in [-0.05, 0) is 18.2 Å². The second kappa shape index (κ2) is 8.86. The SMILES string of the molecule is [2H]C([2H])([2H])NC(=O)c1cnc(NC(=O)C=C)cc1Nc1cccc(-c2ncn(C)n2)c1OC. The average molecular weight is 410 g/mol. The van der Waals surface area contributed by atoms with Crippen LogP contribution in [0.3, 0.4) is 0 Å². The van der Waals surface area contributed by atoms with E-state index in [-0.39, 0.29) is 17.1 Å². The summed E-state index contributed by atoms with van der Waals surface area (Å²) in [5.74, 6) is -0.456. The second-order valence-corrected chi connectivity index (χ2v) is 6.02. The molecule has 0 spiro atoms. The topological polar surface area (TPSA) is 123 Å². The quantitative estimate of drug-likeness (QED) is 0.510. The molecule has 0 bridgehead atoms. The van der Waals surface area contributed by atoms with Crippen molar-refractivity contribution in [3.05, 3.63) is 55.0 Å². The summed E-state index contributed by atoms with van der Waals surface area (Å²) >= 11 is 0. The number of nitrogens with one attached hydrogen (secondary N) is 3. The summed E-state index contributed by atoms with van der Waals surface area (Å²) in [7, 11) is 3.20. The van der Waals surface area contributed by atoms with Gasteiger partial charge in [-0.15, -0.1) is 0 Å². The molecule has 1 aromatic carbocycles. The van der Waals surface area contributed by atoms with E-state index in [1.807, 2.05) is 5.32 Å². The first-order valence-corrected chi connectivity index (χ1v) is 8.67. The summed E-state index contributed by atoms with van der Waals surface area (Å²) in [6.07, 6.45) is 3.76. The molecular formula is C20H21N7O3. The largest absolute Gasteiger partial charge is 0.494 e. The van der Waals surface area contributed by atoms with Crippen LogP contribution in [0.1, 0.15) is 14.5 Å². The van der Waals surface area contributed by atoms with Gasteiger partial charge in [-0.3, -0.25) is 14.3 Å². The van der Waals surface area contributed by atoms with Crippen molar-refractivity contribution in [2.75, 3.05) is 24.7 Å². The fourth-order valence-corrected chi connectivity index (χ4v) is 2.69. The molecule has 0 unspecified atom stereocenters. The number of rotatable bonds is 7. The number of hydrogen-bond acceptors (Lipinski definition) is 7. The number of amides is 2. The number of ether oxygens (including phenoxy) is 1. The van der Waals surface area contributed by atoms with E-state index in [2.05, 4.69) is 32.3 Å². The van der Waals surface area contributed by atoms with Crippen molar-refractivity contribution in [3.63, 3.8) is 0 Å². The van der Waals surface area contributed by atoms with Gasteiger partial charge in [0.25, 0.3) is 5.91 Å². The maximum atomic E-state index is 12.6. The van der Waals surface area contributed by atoms with Crippen molar-refractivity contribution in [2.24, 2.45) is 7.05 Å². The van der Waals surface area contributed by atoms with Gasteiger partial charge in [-0.2, -0.15) is 5.10 Å². The van der Waals surface area contributed by atoms with Crippen LogP contribution >= 0.6 is 0 Å². The number of benzene rings is 1.